The Morgan fingerprint density at radius 3 is 2.85 bits per heavy atom. The van der Waals surface area contributed by atoms with Gasteiger partial charge in [-0.1, -0.05) is 15.9 Å². The Morgan fingerprint density at radius 1 is 1.30 bits per heavy atom. The first kappa shape index (κ1) is 27.8. The Morgan fingerprint density at radius 2 is 2.10 bits per heavy atom. The summed E-state index contributed by atoms with van der Waals surface area (Å²) in [4.78, 5) is 38.7. The summed E-state index contributed by atoms with van der Waals surface area (Å²) in [6.07, 6.45) is 5.95. The Balaban J connectivity index is 1.30. The van der Waals surface area contributed by atoms with Gasteiger partial charge < -0.3 is 19.4 Å². The second-order valence-electron chi connectivity index (χ2n) is 10.6. The number of carbonyl (C=O) groups excluding carboxylic acids is 1. The summed E-state index contributed by atoms with van der Waals surface area (Å²) in [5.41, 5.74) is 1.09. The summed E-state index contributed by atoms with van der Waals surface area (Å²) in [5.74, 6) is 0.378. The molecule has 1 aromatic carbocycles. The minimum Gasteiger partial charge on any atom is -0.476 e. The number of methoxy groups -OCH3 is 1. The largest absolute Gasteiger partial charge is 0.476 e. The molecule has 1 saturated carbocycles. The molecule has 0 radical (unpaired) electrons. The van der Waals surface area contributed by atoms with E-state index in [0.717, 1.165) is 32.4 Å². The number of rotatable bonds is 9. The highest BCUT2D eigenvalue weighted by Crippen LogP contribution is 2.43. The highest BCUT2D eigenvalue weighted by Gasteiger charge is 2.45. The molecule has 0 spiro atoms. The van der Waals surface area contributed by atoms with Crippen LogP contribution in [0.25, 0.3) is 11.1 Å². The third-order valence-electron chi connectivity index (χ3n) is 7.73. The number of aryl methyl sites for hydroxylation is 2. The third kappa shape index (κ3) is 5.48. The number of hydrogen-bond donors (Lipinski definition) is 1. The van der Waals surface area contributed by atoms with Crippen molar-refractivity contribution < 1.29 is 19.2 Å². The van der Waals surface area contributed by atoms with Crippen LogP contribution in [0.4, 0.5) is 11.4 Å². The standard InChI is InChI=1S/C27H31BrN6O6/c1-31-15-18(26(36)39-3)10-20(24(31)35)21-13-29-32(2)25(21)40-9-8-33-14-17-6-7-27(12-17,16-33)30-22-5-4-19(28)11-23(22)34(37)38/h4-5,10-11,13,15,17,30H,6-9,12,14,16H2,1-3H3. The number of nitrogens with one attached hydrogen (secondary N) is 1. The van der Waals surface area contributed by atoms with Crippen molar-refractivity contribution >= 4 is 33.3 Å². The Kier molecular flexibility index (Phi) is 7.69. The lowest BCUT2D eigenvalue weighted by molar-refractivity contribution is -0.384. The molecule has 2 bridgehead atoms. The number of nitro benzene ring substituents is 1. The summed E-state index contributed by atoms with van der Waals surface area (Å²) in [6.45, 7) is 2.65. The van der Waals surface area contributed by atoms with E-state index in [2.05, 4.69) is 31.2 Å². The topological polar surface area (TPSA) is 134 Å². The number of piperidine rings is 1. The van der Waals surface area contributed by atoms with Crippen molar-refractivity contribution in [3.8, 4) is 17.0 Å². The molecule has 40 heavy (non-hydrogen) atoms. The maximum atomic E-state index is 12.9. The van der Waals surface area contributed by atoms with E-state index in [1.54, 1.807) is 31.0 Å². The molecule has 13 heteroatoms. The summed E-state index contributed by atoms with van der Waals surface area (Å²) in [6, 6.07) is 6.60. The van der Waals surface area contributed by atoms with Gasteiger partial charge in [0, 0.05) is 50.5 Å². The maximum absolute atomic E-state index is 12.9. The number of pyridine rings is 1. The van der Waals surface area contributed by atoms with Crippen LogP contribution in [0, 0.1) is 16.0 Å². The van der Waals surface area contributed by atoms with E-state index in [-0.39, 0.29) is 27.3 Å². The van der Waals surface area contributed by atoms with Gasteiger partial charge in [0.2, 0.25) is 5.88 Å². The molecule has 3 aromatic rings. The smallest absolute Gasteiger partial charge is 0.339 e. The molecule has 5 rings (SSSR count). The van der Waals surface area contributed by atoms with Gasteiger partial charge in [-0.25, -0.2) is 9.48 Å². The minimum atomic E-state index is -0.543. The summed E-state index contributed by atoms with van der Waals surface area (Å²) in [7, 11) is 4.60. The average Bonchev–Trinajstić information content (AvgIpc) is 3.43. The number of nitrogens with zero attached hydrogens (tertiary/aromatic N) is 5. The van der Waals surface area contributed by atoms with Crippen LogP contribution in [0.5, 0.6) is 5.88 Å². The zero-order chi connectivity index (χ0) is 28.6. The normalized spacial score (nSPS) is 20.4. The number of hydrogen-bond acceptors (Lipinski definition) is 9. The van der Waals surface area contributed by atoms with E-state index < -0.39 is 5.97 Å². The SMILES string of the molecule is COC(=O)c1cc(-c2cnn(C)c2OCCN2CC3CCC(Nc4ccc(Br)cc4[N+](=O)[O-])(C3)C2)c(=O)n(C)c1. The number of anilines is 1. The molecule has 2 atom stereocenters. The highest BCUT2D eigenvalue weighted by atomic mass is 79.9. The summed E-state index contributed by atoms with van der Waals surface area (Å²) < 4.78 is 14.6. The van der Waals surface area contributed by atoms with E-state index in [1.165, 1.54) is 30.0 Å². The molecule has 1 aliphatic heterocycles. The van der Waals surface area contributed by atoms with Crippen LogP contribution in [0.2, 0.25) is 0 Å². The van der Waals surface area contributed by atoms with Crippen molar-refractivity contribution in [1.29, 1.82) is 0 Å². The van der Waals surface area contributed by atoms with Crippen LogP contribution in [0.1, 0.15) is 29.6 Å². The Bertz CT molecular complexity index is 1520. The first-order valence-corrected chi connectivity index (χ1v) is 13.8. The van der Waals surface area contributed by atoms with Crippen LogP contribution in [0.3, 0.4) is 0 Å². The fraction of sp³-hybridized carbons (Fsp3) is 0.444. The molecule has 2 aliphatic rings. The molecule has 2 fully saturated rings. The Labute approximate surface area is 239 Å². The van der Waals surface area contributed by atoms with Gasteiger partial charge in [0.15, 0.2) is 0 Å². The van der Waals surface area contributed by atoms with Crippen molar-refractivity contribution in [2.45, 2.75) is 24.8 Å². The molecule has 1 saturated heterocycles. The van der Waals surface area contributed by atoms with Crippen molar-refractivity contribution in [2.75, 3.05) is 38.7 Å². The maximum Gasteiger partial charge on any atom is 0.339 e. The van der Waals surface area contributed by atoms with E-state index >= 15 is 0 Å². The van der Waals surface area contributed by atoms with Gasteiger partial charge in [-0.05, 0) is 43.4 Å². The number of nitro groups is 1. The lowest BCUT2D eigenvalue weighted by Crippen LogP contribution is -2.52. The van der Waals surface area contributed by atoms with Gasteiger partial charge in [-0.3, -0.25) is 19.8 Å². The van der Waals surface area contributed by atoms with Crippen LogP contribution < -0.4 is 15.6 Å². The van der Waals surface area contributed by atoms with Gasteiger partial charge in [-0.15, -0.1) is 0 Å². The molecule has 12 nitrogen and oxygen atoms in total. The second-order valence-corrected chi connectivity index (χ2v) is 11.5. The first-order chi connectivity index (χ1) is 19.1. The van der Waals surface area contributed by atoms with Crippen LogP contribution in [0.15, 0.2) is 45.9 Å². The number of esters is 1. The van der Waals surface area contributed by atoms with E-state index in [1.807, 2.05) is 6.07 Å². The molecular weight excluding hydrogens is 584 g/mol. The van der Waals surface area contributed by atoms with E-state index in [4.69, 9.17) is 9.47 Å². The Hall–Kier alpha value is -3.71. The van der Waals surface area contributed by atoms with Gasteiger partial charge in [-0.2, -0.15) is 5.10 Å². The molecule has 0 amide bonds. The van der Waals surface area contributed by atoms with Gasteiger partial charge in [0.25, 0.3) is 11.2 Å². The van der Waals surface area contributed by atoms with Gasteiger partial charge in [0.1, 0.15) is 12.3 Å². The van der Waals surface area contributed by atoms with Crippen molar-refractivity contribution in [2.24, 2.45) is 20.0 Å². The fourth-order valence-electron chi connectivity index (χ4n) is 5.95. The predicted octanol–water partition coefficient (Wildman–Crippen LogP) is 3.59. The van der Waals surface area contributed by atoms with E-state index in [9.17, 15) is 19.7 Å². The number of ether oxygens (including phenoxy) is 2. The van der Waals surface area contributed by atoms with E-state index in [0.29, 0.717) is 46.2 Å². The molecule has 1 aliphatic carbocycles. The zero-order valence-electron chi connectivity index (χ0n) is 22.6. The summed E-state index contributed by atoms with van der Waals surface area (Å²) in [5, 5.41) is 19.5. The molecule has 1 N–H and O–H groups in total. The first-order valence-electron chi connectivity index (χ1n) is 13.0. The van der Waals surface area contributed by atoms with Gasteiger partial charge in [0.05, 0.1) is 40.5 Å². The number of halogens is 1. The summed E-state index contributed by atoms with van der Waals surface area (Å²) >= 11 is 3.33. The lowest BCUT2D eigenvalue weighted by atomic mass is 9.90. The zero-order valence-corrected chi connectivity index (χ0v) is 24.1. The van der Waals surface area contributed by atoms with Gasteiger partial charge >= 0.3 is 5.97 Å². The minimum absolute atomic E-state index is 0.0544. The number of likely N-dealkylation sites (tertiary alicyclic amines) is 1. The second kappa shape index (κ2) is 11.0. The third-order valence-corrected chi connectivity index (χ3v) is 8.23. The van der Waals surface area contributed by atoms with Crippen LogP contribution >= 0.6 is 15.9 Å². The lowest BCUT2D eigenvalue weighted by Gasteiger charge is -2.41. The molecule has 2 unspecified atom stereocenters. The molecule has 2 aromatic heterocycles. The number of aromatic nitrogens is 3. The van der Waals surface area contributed by atoms with Crippen molar-refractivity contribution in [3.05, 3.63) is 67.2 Å². The number of fused-ring (bicyclic) bond motifs is 2. The average molecular weight is 615 g/mol. The van der Waals surface area contributed by atoms with Crippen LogP contribution in [-0.4, -0.2) is 69.0 Å². The number of carbonyl (C=O) groups is 1. The monoisotopic (exact) mass is 614 g/mol. The molecular formula is C27H31BrN6O6. The number of benzene rings is 1. The molecule has 212 valence electrons. The fourth-order valence-corrected chi connectivity index (χ4v) is 6.30. The van der Waals surface area contributed by atoms with Crippen molar-refractivity contribution in [1.82, 2.24) is 19.2 Å². The van der Waals surface area contributed by atoms with Crippen molar-refractivity contribution in [3.63, 3.8) is 0 Å². The quantitative estimate of drug-likeness (QED) is 0.218. The highest BCUT2D eigenvalue weighted by molar-refractivity contribution is 9.10. The predicted molar refractivity (Wildman–Crippen MR) is 152 cm³/mol. The molecule has 3 heterocycles. The van der Waals surface area contributed by atoms with Crippen LogP contribution in [-0.2, 0) is 18.8 Å².